The number of carbonyl (C=O) groups excluding carboxylic acids is 1. The van der Waals surface area contributed by atoms with Crippen LogP contribution in [0.4, 0.5) is 14.5 Å². The molecule has 0 unspecified atom stereocenters. The number of halogens is 3. The molecule has 0 heterocycles. The van der Waals surface area contributed by atoms with Gasteiger partial charge in [0.25, 0.3) is 0 Å². The predicted octanol–water partition coefficient (Wildman–Crippen LogP) is 3.43. The Balaban J connectivity index is 1.96. The second-order valence-corrected chi connectivity index (χ2v) is 4.78. The van der Waals surface area contributed by atoms with Crippen molar-refractivity contribution >= 4 is 27.5 Å². The van der Waals surface area contributed by atoms with Gasteiger partial charge in [-0.3, -0.25) is 4.79 Å². The maximum atomic E-state index is 12.6. The summed E-state index contributed by atoms with van der Waals surface area (Å²) in [5.41, 5.74) is 0.614. The van der Waals surface area contributed by atoms with E-state index in [0.717, 1.165) is 4.47 Å². The summed E-state index contributed by atoms with van der Waals surface area (Å²) in [6.45, 7) is 0. The lowest BCUT2D eigenvalue weighted by molar-refractivity contribution is -0.145. The fourth-order valence-electron chi connectivity index (χ4n) is 1.64. The molecule has 0 bridgehead atoms. The van der Waals surface area contributed by atoms with E-state index < -0.39 is 11.8 Å². The summed E-state index contributed by atoms with van der Waals surface area (Å²) < 4.78 is 25.9. The van der Waals surface area contributed by atoms with Crippen LogP contribution in [0.15, 0.2) is 28.7 Å². The molecule has 16 heavy (non-hydrogen) atoms. The Morgan fingerprint density at radius 1 is 1.38 bits per heavy atom. The summed E-state index contributed by atoms with van der Waals surface area (Å²) >= 11 is 3.27. The van der Waals surface area contributed by atoms with Crippen LogP contribution >= 0.6 is 15.9 Å². The van der Waals surface area contributed by atoms with Gasteiger partial charge >= 0.3 is 0 Å². The number of nitrogens with one attached hydrogen (secondary N) is 1. The van der Waals surface area contributed by atoms with E-state index in [1.54, 1.807) is 18.2 Å². The van der Waals surface area contributed by atoms with E-state index in [1.165, 1.54) is 0 Å². The molecule has 1 saturated carbocycles. The topological polar surface area (TPSA) is 29.1 Å². The minimum Gasteiger partial charge on any atom is -0.325 e. The molecule has 1 amide bonds. The smallest absolute Gasteiger partial charge is 0.249 e. The SMILES string of the molecule is O=C(Nc1ccccc1Br)C1CC(F)(F)C1. The number of rotatable bonds is 2. The number of amides is 1. The Labute approximate surface area is 100 Å². The molecule has 1 N–H and O–H groups in total. The van der Waals surface area contributed by atoms with E-state index in [9.17, 15) is 13.6 Å². The molecule has 0 spiro atoms. The highest BCUT2D eigenvalue weighted by molar-refractivity contribution is 9.10. The standard InChI is InChI=1S/C11H10BrF2NO/c12-8-3-1-2-4-9(8)15-10(16)7-5-11(13,14)6-7/h1-4,7H,5-6H2,(H,15,16). The fourth-order valence-corrected chi connectivity index (χ4v) is 2.03. The Kier molecular flexibility index (Phi) is 2.97. The van der Waals surface area contributed by atoms with Crippen molar-refractivity contribution in [2.45, 2.75) is 18.8 Å². The van der Waals surface area contributed by atoms with Crippen molar-refractivity contribution in [2.75, 3.05) is 5.32 Å². The molecular weight excluding hydrogens is 280 g/mol. The summed E-state index contributed by atoms with van der Waals surface area (Å²) in [7, 11) is 0. The van der Waals surface area contributed by atoms with Crippen LogP contribution in [0.2, 0.25) is 0 Å². The minimum absolute atomic E-state index is 0.335. The Hall–Kier alpha value is -0.970. The quantitative estimate of drug-likeness (QED) is 0.888. The highest BCUT2D eigenvalue weighted by Gasteiger charge is 2.48. The monoisotopic (exact) mass is 289 g/mol. The van der Waals surface area contributed by atoms with Gasteiger partial charge in [0.1, 0.15) is 0 Å². The summed E-state index contributed by atoms with van der Waals surface area (Å²) in [4.78, 5) is 11.6. The van der Waals surface area contributed by atoms with Crippen molar-refractivity contribution in [1.82, 2.24) is 0 Å². The van der Waals surface area contributed by atoms with Gasteiger partial charge in [0.2, 0.25) is 11.8 Å². The molecular formula is C11H10BrF2NO. The van der Waals surface area contributed by atoms with E-state index in [1.807, 2.05) is 6.07 Å². The maximum Gasteiger partial charge on any atom is 0.249 e. The highest BCUT2D eigenvalue weighted by Crippen LogP contribution is 2.42. The molecule has 2 nitrogen and oxygen atoms in total. The summed E-state index contributed by atoms with van der Waals surface area (Å²) in [6.07, 6.45) is -0.688. The Morgan fingerprint density at radius 3 is 2.56 bits per heavy atom. The normalized spacial score (nSPS) is 18.9. The van der Waals surface area contributed by atoms with Crippen LogP contribution in [0.25, 0.3) is 0 Å². The lowest BCUT2D eigenvalue weighted by atomic mass is 9.81. The van der Waals surface area contributed by atoms with Crippen molar-refractivity contribution in [1.29, 1.82) is 0 Å². The van der Waals surface area contributed by atoms with Crippen molar-refractivity contribution in [2.24, 2.45) is 5.92 Å². The lowest BCUT2D eigenvalue weighted by Crippen LogP contribution is -2.42. The number of carbonyl (C=O) groups is 1. The van der Waals surface area contributed by atoms with Gasteiger partial charge in [0.15, 0.2) is 0 Å². The van der Waals surface area contributed by atoms with Crippen LogP contribution in [0.3, 0.4) is 0 Å². The average Bonchev–Trinajstić information content (AvgIpc) is 2.17. The maximum absolute atomic E-state index is 12.6. The van der Waals surface area contributed by atoms with Gasteiger partial charge in [0, 0.05) is 23.2 Å². The third-order valence-corrected chi connectivity index (χ3v) is 3.28. The van der Waals surface area contributed by atoms with Gasteiger partial charge in [-0.15, -0.1) is 0 Å². The molecule has 5 heteroatoms. The number of anilines is 1. The molecule has 1 fully saturated rings. The van der Waals surface area contributed by atoms with E-state index in [0.29, 0.717) is 5.69 Å². The van der Waals surface area contributed by atoms with Crippen LogP contribution in [0.5, 0.6) is 0 Å². The Morgan fingerprint density at radius 2 is 2.00 bits per heavy atom. The molecule has 0 aromatic heterocycles. The summed E-state index contributed by atoms with van der Waals surface area (Å²) in [5.74, 6) is -3.56. The minimum atomic E-state index is -2.66. The third-order valence-electron chi connectivity index (χ3n) is 2.59. The molecule has 1 aromatic carbocycles. The van der Waals surface area contributed by atoms with Crippen LogP contribution in [-0.4, -0.2) is 11.8 Å². The van der Waals surface area contributed by atoms with Gasteiger partial charge < -0.3 is 5.32 Å². The van der Waals surface area contributed by atoms with E-state index in [2.05, 4.69) is 21.2 Å². The number of para-hydroxylation sites is 1. The number of hydrogen-bond donors (Lipinski definition) is 1. The van der Waals surface area contributed by atoms with E-state index in [-0.39, 0.29) is 18.7 Å². The number of benzene rings is 1. The predicted molar refractivity (Wildman–Crippen MR) is 60.4 cm³/mol. The summed E-state index contributed by atoms with van der Waals surface area (Å²) in [6, 6.07) is 7.09. The molecule has 0 atom stereocenters. The average molecular weight is 290 g/mol. The van der Waals surface area contributed by atoms with Gasteiger partial charge in [0.05, 0.1) is 5.69 Å². The first kappa shape index (κ1) is 11.5. The van der Waals surface area contributed by atoms with Gasteiger partial charge in [-0.1, -0.05) is 12.1 Å². The lowest BCUT2D eigenvalue weighted by Gasteiger charge is -2.33. The third kappa shape index (κ3) is 2.40. The second-order valence-electron chi connectivity index (χ2n) is 3.93. The fraction of sp³-hybridized carbons (Fsp3) is 0.364. The van der Waals surface area contributed by atoms with Gasteiger partial charge in [-0.05, 0) is 28.1 Å². The number of hydrogen-bond acceptors (Lipinski definition) is 1. The van der Waals surface area contributed by atoms with Crippen LogP contribution in [0.1, 0.15) is 12.8 Å². The van der Waals surface area contributed by atoms with Crippen LogP contribution in [-0.2, 0) is 4.79 Å². The van der Waals surface area contributed by atoms with Crippen molar-refractivity contribution in [3.05, 3.63) is 28.7 Å². The first-order chi connectivity index (χ1) is 7.48. The van der Waals surface area contributed by atoms with E-state index >= 15 is 0 Å². The van der Waals surface area contributed by atoms with Crippen molar-refractivity contribution < 1.29 is 13.6 Å². The molecule has 0 aliphatic heterocycles. The zero-order chi connectivity index (χ0) is 11.8. The second kappa shape index (κ2) is 4.13. The molecule has 1 aliphatic carbocycles. The molecule has 0 saturated heterocycles. The molecule has 0 radical (unpaired) electrons. The van der Waals surface area contributed by atoms with Crippen LogP contribution in [0, 0.1) is 5.92 Å². The molecule has 2 rings (SSSR count). The van der Waals surface area contributed by atoms with Crippen molar-refractivity contribution in [3.63, 3.8) is 0 Å². The van der Waals surface area contributed by atoms with Gasteiger partial charge in [-0.25, -0.2) is 8.78 Å². The summed E-state index contributed by atoms with van der Waals surface area (Å²) in [5, 5.41) is 2.63. The largest absolute Gasteiger partial charge is 0.325 e. The van der Waals surface area contributed by atoms with Crippen LogP contribution < -0.4 is 5.32 Å². The molecule has 86 valence electrons. The van der Waals surface area contributed by atoms with E-state index in [4.69, 9.17) is 0 Å². The highest BCUT2D eigenvalue weighted by atomic mass is 79.9. The Bertz CT molecular complexity index is 414. The first-order valence-electron chi connectivity index (χ1n) is 4.91. The zero-order valence-corrected chi connectivity index (χ0v) is 9.93. The molecule has 1 aliphatic rings. The van der Waals surface area contributed by atoms with Crippen molar-refractivity contribution in [3.8, 4) is 0 Å². The van der Waals surface area contributed by atoms with Gasteiger partial charge in [-0.2, -0.15) is 0 Å². The zero-order valence-electron chi connectivity index (χ0n) is 8.34. The number of alkyl halides is 2. The molecule has 1 aromatic rings. The first-order valence-corrected chi connectivity index (χ1v) is 5.70.